The van der Waals surface area contributed by atoms with E-state index in [4.69, 9.17) is 25.7 Å². The molecule has 2 unspecified atom stereocenters. The van der Waals surface area contributed by atoms with Crippen LogP contribution in [0.2, 0.25) is 0 Å². The van der Waals surface area contributed by atoms with Gasteiger partial charge in [-0.3, -0.25) is 9.97 Å². The Morgan fingerprint density at radius 1 is 0.393 bits per heavy atom. The lowest BCUT2D eigenvalue weighted by atomic mass is 9.57. The fraction of sp³-hybridized carbons (Fsp3) is 0.0588. The molecule has 0 aliphatic heterocycles. The van der Waals surface area contributed by atoms with Crippen molar-refractivity contribution in [2.45, 2.75) is 17.9 Å². The molecule has 5 nitrogen and oxygen atoms in total. The van der Waals surface area contributed by atoms with Gasteiger partial charge in [0.15, 0.2) is 0 Å². The lowest BCUT2D eigenvalue weighted by Crippen LogP contribution is -2.46. The van der Waals surface area contributed by atoms with Crippen molar-refractivity contribution >= 4 is 43.6 Å². The molecule has 10 aromatic rings. The van der Waals surface area contributed by atoms with Gasteiger partial charge in [0.1, 0.15) is 0 Å². The third kappa shape index (κ3) is 4.12. The summed E-state index contributed by atoms with van der Waals surface area (Å²) in [5.74, 6) is 0. The largest absolute Gasteiger partial charge is 0.318 e. The van der Waals surface area contributed by atoms with Gasteiger partial charge in [-0.1, -0.05) is 121 Å². The fourth-order valence-electron chi connectivity index (χ4n) is 9.81. The molecule has 1 spiro atoms. The number of aromatic nitrogens is 4. The average molecular weight is 716 g/mol. The summed E-state index contributed by atoms with van der Waals surface area (Å²) in [5, 5.41) is 4.29. The van der Waals surface area contributed by atoms with Crippen LogP contribution in [0.4, 0.5) is 0 Å². The maximum Gasteiger partial charge on any atom is 0.0972 e. The summed E-state index contributed by atoms with van der Waals surface area (Å²) in [6.45, 7) is 2.15. The smallest absolute Gasteiger partial charge is 0.0972 e. The Hall–Kier alpha value is -7.08. The molecule has 5 heteroatoms. The van der Waals surface area contributed by atoms with Crippen molar-refractivity contribution in [2.24, 2.45) is 5.73 Å². The molecular formula is C51H33N5. The molecule has 56 heavy (non-hydrogen) atoms. The summed E-state index contributed by atoms with van der Waals surface area (Å²) in [5.41, 5.74) is 23.1. The summed E-state index contributed by atoms with van der Waals surface area (Å²) in [6.07, 6.45) is 3.69. The standard InChI is InChI=1S/C51H33N5/c1-50(52)39-12-4-5-13-41(39)51(43-29-35(19-23-40(43)50)45-25-21-33-17-15-31-9-7-27-54-47(31)49(33)56-45)38-11-3-2-10-36(38)37-22-18-34(28-42(37)51)44-24-20-32-16-14-30-8-6-26-53-46(30)48(32)55-44/h2-29H,52H2,1H3. The van der Waals surface area contributed by atoms with Crippen molar-refractivity contribution in [1.29, 1.82) is 0 Å². The second-order valence-corrected chi connectivity index (χ2v) is 15.4. The van der Waals surface area contributed by atoms with Crippen LogP contribution in [-0.4, -0.2) is 19.9 Å². The molecule has 0 amide bonds. The van der Waals surface area contributed by atoms with Gasteiger partial charge in [-0.25, -0.2) is 9.97 Å². The minimum Gasteiger partial charge on any atom is -0.318 e. The summed E-state index contributed by atoms with van der Waals surface area (Å²) in [7, 11) is 0. The zero-order valence-electron chi connectivity index (χ0n) is 30.5. The maximum absolute atomic E-state index is 7.50. The second kappa shape index (κ2) is 11.2. The van der Waals surface area contributed by atoms with Crippen LogP contribution < -0.4 is 5.73 Å². The van der Waals surface area contributed by atoms with Gasteiger partial charge in [-0.2, -0.15) is 0 Å². The van der Waals surface area contributed by atoms with Crippen molar-refractivity contribution in [1.82, 2.24) is 19.9 Å². The summed E-state index contributed by atoms with van der Waals surface area (Å²) in [6, 6.07) is 56.5. The van der Waals surface area contributed by atoms with Gasteiger partial charge < -0.3 is 5.73 Å². The van der Waals surface area contributed by atoms with Crippen LogP contribution in [0.5, 0.6) is 0 Å². The van der Waals surface area contributed by atoms with Crippen molar-refractivity contribution < 1.29 is 0 Å². The molecule has 0 radical (unpaired) electrons. The Morgan fingerprint density at radius 2 is 0.875 bits per heavy atom. The van der Waals surface area contributed by atoms with E-state index >= 15 is 0 Å². The second-order valence-electron chi connectivity index (χ2n) is 15.4. The highest BCUT2D eigenvalue weighted by atomic mass is 14.8. The number of fused-ring (bicyclic) bond motifs is 15. The molecular weight excluding hydrogens is 683 g/mol. The predicted molar refractivity (Wildman–Crippen MR) is 226 cm³/mol. The summed E-state index contributed by atoms with van der Waals surface area (Å²) in [4.78, 5) is 20.1. The molecule has 12 rings (SSSR count). The molecule has 0 saturated carbocycles. The van der Waals surface area contributed by atoms with Crippen LogP contribution in [0, 0.1) is 0 Å². The van der Waals surface area contributed by atoms with Gasteiger partial charge in [0.05, 0.1) is 44.4 Å². The Kier molecular flexibility index (Phi) is 6.27. The monoisotopic (exact) mass is 715 g/mol. The first-order valence-corrected chi connectivity index (χ1v) is 19.1. The van der Waals surface area contributed by atoms with E-state index in [1.54, 1.807) is 0 Å². The summed E-state index contributed by atoms with van der Waals surface area (Å²) < 4.78 is 0. The minimum absolute atomic E-state index is 0.654. The first-order chi connectivity index (χ1) is 27.5. The zero-order valence-corrected chi connectivity index (χ0v) is 30.5. The molecule has 4 aromatic heterocycles. The lowest BCUT2D eigenvalue weighted by molar-refractivity contribution is 0.538. The quantitative estimate of drug-likeness (QED) is 0.180. The van der Waals surface area contributed by atoms with E-state index in [9.17, 15) is 0 Å². The van der Waals surface area contributed by atoms with Gasteiger partial charge in [-0.15, -0.1) is 0 Å². The van der Waals surface area contributed by atoms with E-state index in [2.05, 4.69) is 153 Å². The first kappa shape index (κ1) is 31.3. The molecule has 262 valence electrons. The topological polar surface area (TPSA) is 77.6 Å². The number of rotatable bonds is 2. The summed E-state index contributed by atoms with van der Waals surface area (Å²) >= 11 is 0. The van der Waals surface area contributed by atoms with Crippen molar-refractivity contribution in [3.05, 3.63) is 203 Å². The Labute approximate surface area is 323 Å². The van der Waals surface area contributed by atoms with Crippen LogP contribution in [-0.2, 0) is 11.0 Å². The van der Waals surface area contributed by atoms with Crippen LogP contribution in [0.25, 0.3) is 77.3 Å². The predicted octanol–water partition coefficient (Wildman–Crippen LogP) is 11.1. The number of hydrogen-bond donors (Lipinski definition) is 1. The number of pyridine rings is 4. The number of nitrogens with zero attached hydrogens (tertiary/aromatic N) is 4. The van der Waals surface area contributed by atoms with Crippen molar-refractivity contribution in [3.8, 4) is 33.6 Å². The molecule has 4 heterocycles. The molecule has 6 aromatic carbocycles. The Bertz CT molecular complexity index is 3310. The number of benzene rings is 6. The number of nitrogens with two attached hydrogens (primary N) is 1. The molecule has 0 saturated heterocycles. The van der Waals surface area contributed by atoms with Gasteiger partial charge in [0.25, 0.3) is 0 Å². The molecule has 2 aliphatic carbocycles. The van der Waals surface area contributed by atoms with Gasteiger partial charge in [0.2, 0.25) is 0 Å². The third-order valence-corrected chi connectivity index (χ3v) is 12.4. The Balaban J connectivity index is 1.14. The van der Waals surface area contributed by atoms with Crippen LogP contribution in [0.15, 0.2) is 170 Å². The van der Waals surface area contributed by atoms with Crippen molar-refractivity contribution in [2.75, 3.05) is 0 Å². The fourth-order valence-corrected chi connectivity index (χ4v) is 9.81. The molecule has 2 atom stereocenters. The highest BCUT2D eigenvalue weighted by Gasteiger charge is 2.53. The van der Waals surface area contributed by atoms with Crippen LogP contribution in [0.3, 0.4) is 0 Å². The number of hydrogen-bond acceptors (Lipinski definition) is 5. The zero-order chi connectivity index (χ0) is 37.2. The normalized spacial score (nSPS) is 18.0. The van der Waals surface area contributed by atoms with E-state index in [1.807, 2.05) is 24.5 Å². The van der Waals surface area contributed by atoms with Gasteiger partial charge in [0, 0.05) is 45.1 Å². The molecule has 0 fully saturated rings. The Morgan fingerprint density at radius 3 is 1.52 bits per heavy atom. The maximum atomic E-state index is 7.50. The van der Waals surface area contributed by atoms with E-state index in [0.717, 1.165) is 77.3 Å². The third-order valence-electron chi connectivity index (χ3n) is 12.4. The average Bonchev–Trinajstić information content (AvgIpc) is 3.55. The molecule has 2 aliphatic rings. The minimum atomic E-state index is -0.740. The first-order valence-electron chi connectivity index (χ1n) is 19.1. The highest BCUT2D eigenvalue weighted by molar-refractivity contribution is 6.04. The van der Waals surface area contributed by atoms with E-state index in [1.165, 1.54) is 33.4 Å². The van der Waals surface area contributed by atoms with Crippen LogP contribution >= 0.6 is 0 Å². The molecule has 2 N–H and O–H groups in total. The van der Waals surface area contributed by atoms with Gasteiger partial charge in [-0.05, 0) is 87.8 Å². The van der Waals surface area contributed by atoms with Gasteiger partial charge >= 0.3 is 0 Å². The van der Waals surface area contributed by atoms with E-state index < -0.39 is 11.0 Å². The highest BCUT2D eigenvalue weighted by Crippen LogP contribution is 2.62. The lowest BCUT2D eigenvalue weighted by Gasteiger charge is -2.46. The molecule has 0 bridgehead atoms. The van der Waals surface area contributed by atoms with Crippen molar-refractivity contribution in [3.63, 3.8) is 0 Å². The van der Waals surface area contributed by atoms with E-state index in [0.29, 0.717) is 0 Å². The SMILES string of the molecule is CC1(N)c2ccccc2C2(c3ccccc3-c3ccc(-c4ccc5ccc6cccnc6c5n4)cc32)c2cc(-c3ccc4ccc5cccnc5c4n3)ccc21. The van der Waals surface area contributed by atoms with E-state index in [-0.39, 0.29) is 0 Å². The van der Waals surface area contributed by atoms with Crippen LogP contribution in [0.1, 0.15) is 40.3 Å².